The van der Waals surface area contributed by atoms with Crippen molar-refractivity contribution in [1.82, 2.24) is 14.7 Å². The molecular formula is C24H33N3O2S. The Morgan fingerprint density at radius 2 is 1.57 bits per heavy atom. The fourth-order valence-corrected chi connectivity index (χ4v) is 5.86. The summed E-state index contributed by atoms with van der Waals surface area (Å²) in [6.45, 7) is 4.75. The van der Waals surface area contributed by atoms with Crippen molar-refractivity contribution in [2.45, 2.75) is 31.7 Å². The van der Waals surface area contributed by atoms with Crippen LogP contribution < -0.4 is 0 Å². The highest BCUT2D eigenvalue weighted by atomic mass is 32.2. The van der Waals surface area contributed by atoms with Crippen molar-refractivity contribution >= 4 is 29.7 Å². The van der Waals surface area contributed by atoms with E-state index in [9.17, 15) is 9.59 Å². The Labute approximate surface area is 184 Å². The predicted molar refractivity (Wildman–Crippen MR) is 123 cm³/mol. The molecule has 0 N–H and O–H groups in total. The Morgan fingerprint density at radius 3 is 2.23 bits per heavy atom. The number of hydrogen-bond acceptors (Lipinski definition) is 4. The van der Waals surface area contributed by atoms with Gasteiger partial charge in [-0.25, -0.2) is 0 Å². The van der Waals surface area contributed by atoms with Gasteiger partial charge in [0.15, 0.2) is 0 Å². The molecule has 1 aromatic rings. The summed E-state index contributed by atoms with van der Waals surface area (Å²) in [4.78, 5) is 32.5. The molecule has 30 heavy (non-hydrogen) atoms. The van der Waals surface area contributed by atoms with E-state index < -0.39 is 0 Å². The molecule has 6 heteroatoms. The van der Waals surface area contributed by atoms with Gasteiger partial charge in [-0.05, 0) is 30.4 Å². The highest BCUT2D eigenvalue weighted by molar-refractivity contribution is 7.99. The van der Waals surface area contributed by atoms with Gasteiger partial charge in [-0.15, -0.1) is 0 Å². The average molecular weight is 428 g/mol. The third-order valence-electron chi connectivity index (χ3n) is 6.66. The zero-order chi connectivity index (χ0) is 20.8. The summed E-state index contributed by atoms with van der Waals surface area (Å²) in [5, 5.41) is 0. The molecule has 3 fully saturated rings. The largest absolute Gasteiger partial charge is 0.340 e. The van der Waals surface area contributed by atoms with Gasteiger partial charge >= 0.3 is 0 Å². The van der Waals surface area contributed by atoms with Crippen molar-refractivity contribution in [3.8, 4) is 0 Å². The number of nitrogens with zero attached hydrogens (tertiary/aromatic N) is 3. The van der Waals surface area contributed by atoms with Crippen LogP contribution in [0.4, 0.5) is 0 Å². The second kappa shape index (κ2) is 10.5. The lowest BCUT2D eigenvalue weighted by molar-refractivity contribution is -0.140. The van der Waals surface area contributed by atoms with E-state index in [1.165, 1.54) is 12.8 Å². The second-order valence-corrected chi connectivity index (χ2v) is 9.76. The summed E-state index contributed by atoms with van der Waals surface area (Å²) < 4.78 is 0. The van der Waals surface area contributed by atoms with Crippen molar-refractivity contribution < 1.29 is 9.59 Å². The van der Waals surface area contributed by atoms with Crippen LogP contribution >= 0.6 is 11.8 Å². The Kier molecular flexibility index (Phi) is 7.50. The number of rotatable bonds is 5. The van der Waals surface area contributed by atoms with Crippen LogP contribution in [-0.4, -0.2) is 83.3 Å². The molecule has 0 radical (unpaired) electrons. The monoisotopic (exact) mass is 427 g/mol. The van der Waals surface area contributed by atoms with Crippen molar-refractivity contribution in [3.05, 3.63) is 42.0 Å². The zero-order valence-corrected chi connectivity index (χ0v) is 18.6. The Morgan fingerprint density at radius 1 is 0.900 bits per heavy atom. The molecule has 2 saturated heterocycles. The van der Waals surface area contributed by atoms with Gasteiger partial charge in [0.2, 0.25) is 11.8 Å². The number of thioether (sulfide) groups is 1. The molecule has 2 heterocycles. The lowest BCUT2D eigenvalue weighted by atomic mass is 9.94. The number of carbonyl (C=O) groups is 2. The smallest absolute Gasteiger partial charge is 0.246 e. The molecule has 3 aliphatic rings. The van der Waals surface area contributed by atoms with Crippen LogP contribution in [0.5, 0.6) is 0 Å². The fourth-order valence-electron chi connectivity index (χ4n) is 4.96. The van der Waals surface area contributed by atoms with E-state index in [1.54, 1.807) is 6.08 Å². The highest BCUT2D eigenvalue weighted by Crippen LogP contribution is 2.32. The maximum atomic E-state index is 13.4. The van der Waals surface area contributed by atoms with Gasteiger partial charge in [0.1, 0.15) is 0 Å². The summed E-state index contributed by atoms with van der Waals surface area (Å²) in [6, 6.07) is 9.93. The topological polar surface area (TPSA) is 43.9 Å². The molecule has 0 aromatic heterocycles. The number of carbonyl (C=O) groups excluding carboxylic acids is 2. The van der Waals surface area contributed by atoms with Crippen LogP contribution in [0, 0.1) is 5.92 Å². The maximum absolute atomic E-state index is 13.4. The first-order valence-corrected chi connectivity index (χ1v) is 12.5. The van der Waals surface area contributed by atoms with Gasteiger partial charge in [0, 0.05) is 56.9 Å². The third kappa shape index (κ3) is 5.27. The molecule has 1 aromatic carbocycles. The molecule has 2 amide bonds. The second-order valence-electron chi connectivity index (χ2n) is 8.53. The summed E-state index contributed by atoms with van der Waals surface area (Å²) in [7, 11) is 0. The standard InChI is InChI=1S/C24H33N3O2S/c28-22(11-10-20-6-2-1-3-7-20)25-12-14-26(15-13-25)23(21-8-4-5-9-21)24(29)27-16-18-30-19-17-27/h1-3,6-7,10-11,21,23H,4-5,8-9,12-19H2/b11-10+/t23-/m0/s1. The normalized spacial score (nSPS) is 22.5. The van der Waals surface area contributed by atoms with E-state index in [0.717, 1.165) is 56.1 Å². The zero-order valence-electron chi connectivity index (χ0n) is 17.7. The lowest BCUT2D eigenvalue weighted by Gasteiger charge is -2.42. The molecule has 0 unspecified atom stereocenters. The maximum Gasteiger partial charge on any atom is 0.246 e. The van der Waals surface area contributed by atoms with Gasteiger partial charge in [0.25, 0.3) is 0 Å². The van der Waals surface area contributed by atoms with Crippen molar-refractivity contribution in [3.63, 3.8) is 0 Å². The minimum Gasteiger partial charge on any atom is -0.340 e. The van der Waals surface area contributed by atoms with Gasteiger partial charge in [-0.1, -0.05) is 43.2 Å². The van der Waals surface area contributed by atoms with E-state index in [0.29, 0.717) is 24.9 Å². The van der Waals surface area contributed by atoms with E-state index in [1.807, 2.05) is 53.1 Å². The highest BCUT2D eigenvalue weighted by Gasteiger charge is 2.39. The fraction of sp³-hybridized carbons (Fsp3) is 0.583. The minimum atomic E-state index is 0.00714. The number of benzene rings is 1. The minimum absolute atomic E-state index is 0.00714. The lowest BCUT2D eigenvalue weighted by Crippen LogP contribution is -2.59. The summed E-state index contributed by atoms with van der Waals surface area (Å²) >= 11 is 1.94. The summed E-state index contributed by atoms with van der Waals surface area (Å²) in [5.41, 5.74) is 1.04. The van der Waals surface area contributed by atoms with Crippen LogP contribution in [0.2, 0.25) is 0 Å². The molecule has 5 nitrogen and oxygen atoms in total. The van der Waals surface area contributed by atoms with Crippen molar-refractivity contribution in [1.29, 1.82) is 0 Å². The number of amides is 2. The van der Waals surface area contributed by atoms with Crippen molar-refractivity contribution in [2.24, 2.45) is 5.92 Å². The molecule has 1 atom stereocenters. The molecular weight excluding hydrogens is 394 g/mol. The Balaban J connectivity index is 1.36. The van der Waals surface area contributed by atoms with Crippen LogP contribution in [0.1, 0.15) is 31.2 Å². The molecule has 1 aliphatic carbocycles. The van der Waals surface area contributed by atoms with Crippen LogP contribution in [0.15, 0.2) is 36.4 Å². The SMILES string of the molecule is O=C(/C=C/c1ccccc1)N1CCN([C@H](C(=O)N2CCSCC2)C2CCCC2)CC1. The molecule has 1 saturated carbocycles. The molecule has 0 bridgehead atoms. The van der Waals surface area contributed by atoms with Crippen molar-refractivity contribution in [2.75, 3.05) is 50.8 Å². The average Bonchev–Trinajstić information content (AvgIpc) is 3.34. The van der Waals surface area contributed by atoms with E-state index in [2.05, 4.69) is 9.80 Å². The molecule has 162 valence electrons. The first kappa shape index (κ1) is 21.4. The first-order valence-electron chi connectivity index (χ1n) is 11.3. The Hall–Kier alpha value is -1.79. The molecule has 4 rings (SSSR count). The van der Waals surface area contributed by atoms with Crippen LogP contribution in [0.25, 0.3) is 6.08 Å². The van der Waals surface area contributed by atoms with Gasteiger partial charge < -0.3 is 9.80 Å². The molecule has 0 spiro atoms. The van der Waals surface area contributed by atoms with E-state index in [4.69, 9.17) is 0 Å². The summed E-state index contributed by atoms with van der Waals surface area (Å²) in [5.74, 6) is 2.99. The quantitative estimate of drug-likeness (QED) is 0.678. The molecule has 2 aliphatic heterocycles. The summed E-state index contributed by atoms with van der Waals surface area (Å²) in [6.07, 6.45) is 8.37. The van der Waals surface area contributed by atoms with Crippen LogP contribution in [-0.2, 0) is 9.59 Å². The van der Waals surface area contributed by atoms with Gasteiger partial charge in [-0.2, -0.15) is 11.8 Å². The number of hydrogen-bond donors (Lipinski definition) is 0. The van der Waals surface area contributed by atoms with Gasteiger partial charge in [-0.3, -0.25) is 14.5 Å². The van der Waals surface area contributed by atoms with Crippen LogP contribution in [0.3, 0.4) is 0 Å². The Bertz CT molecular complexity index is 734. The van der Waals surface area contributed by atoms with E-state index >= 15 is 0 Å². The third-order valence-corrected chi connectivity index (χ3v) is 7.60. The number of piperazine rings is 1. The predicted octanol–water partition coefficient (Wildman–Crippen LogP) is 2.98. The first-order chi connectivity index (χ1) is 14.7. The van der Waals surface area contributed by atoms with E-state index in [-0.39, 0.29) is 11.9 Å². The van der Waals surface area contributed by atoms with Gasteiger partial charge in [0.05, 0.1) is 6.04 Å².